The standard InChI is InChI=1S/C22H34/c1-21(2)17-11-9-15(19(21)13-17)7-5-6-8-16-10-12-18-14-20(16)22(18,3)4/h15-20H,7-14H2,1-4H3. The maximum atomic E-state index is 3.61. The molecule has 0 heteroatoms. The Morgan fingerprint density at radius 3 is 1.41 bits per heavy atom. The van der Waals surface area contributed by atoms with Gasteiger partial charge >= 0.3 is 0 Å². The predicted octanol–water partition coefficient (Wildman–Crippen LogP) is 5.91. The van der Waals surface area contributed by atoms with Gasteiger partial charge in [0, 0.05) is 12.8 Å². The van der Waals surface area contributed by atoms with Crippen LogP contribution >= 0.6 is 0 Å². The number of fused-ring (bicyclic) bond motifs is 4. The van der Waals surface area contributed by atoms with E-state index in [1.807, 2.05) is 0 Å². The summed E-state index contributed by atoms with van der Waals surface area (Å²) >= 11 is 0. The zero-order valence-corrected chi connectivity index (χ0v) is 15.1. The highest BCUT2D eigenvalue weighted by molar-refractivity contribution is 5.11. The summed E-state index contributed by atoms with van der Waals surface area (Å²) in [6, 6.07) is 0. The lowest BCUT2D eigenvalue weighted by Gasteiger charge is -2.60. The van der Waals surface area contributed by atoms with Crippen molar-refractivity contribution in [1.82, 2.24) is 0 Å². The van der Waals surface area contributed by atoms with Crippen LogP contribution in [0.25, 0.3) is 0 Å². The first-order valence-corrected chi connectivity index (χ1v) is 9.86. The van der Waals surface area contributed by atoms with Crippen LogP contribution in [0.1, 0.15) is 79.1 Å². The monoisotopic (exact) mass is 298 g/mol. The van der Waals surface area contributed by atoms with Crippen LogP contribution in [-0.4, -0.2) is 0 Å². The third kappa shape index (κ3) is 2.11. The second-order valence-corrected chi connectivity index (χ2v) is 10.2. The van der Waals surface area contributed by atoms with Crippen LogP contribution in [0.3, 0.4) is 0 Å². The lowest BCUT2D eigenvalue weighted by Crippen LogP contribution is -2.52. The summed E-state index contributed by atoms with van der Waals surface area (Å²) in [6.45, 7) is 10.0. The maximum Gasteiger partial charge on any atom is 0.0120 e. The van der Waals surface area contributed by atoms with Crippen molar-refractivity contribution < 1.29 is 0 Å². The van der Waals surface area contributed by atoms with Gasteiger partial charge in [0.1, 0.15) is 0 Å². The fourth-order valence-corrected chi connectivity index (χ4v) is 6.82. The minimum Gasteiger partial charge on any atom is -0.103 e. The first-order chi connectivity index (χ1) is 10.4. The Kier molecular flexibility index (Phi) is 3.45. The molecule has 0 aromatic carbocycles. The van der Waals surface area contributed by atoms with Crippen molar-refractivity contribution in [2.45, 2.75) is 79.1 Å². The Hall–Kier alpha value is -0.440. The lowest BCUT2D eigenvalue weighted by molar-refractivity contribution is -0.103. The molecule has 4 bridgehead atoms. The van der Waals surface area contributed by atoms with Gasteiger partial charge in [-0.05, 0) is 84.9 Å². The number of rotatable bonds is 2. The molecule has 6 unspecified atom stereocenters. The summed E-state index contributed by atoms with van der Waals surface area (Å²) in [5.41, 5.74) is 1.25. The topological polar surface area (TPSA) is 0 Å². The Morgan fingerprint density at radius 2 is 1.09 bits per heavy atom. The molecule has 0 nitrogen and oxygen atoms in total. The Bertz CT molecular complexity index is 452. The third-order valence-electron chi connectivity index (χ3n) is 8.86. The van der Waals surface area contributed by atoms with Crippen LogP contribution in [0.5, 0.6) is 0 Å². The molecule has 6 aliphatic carbocycles. The molecule has 0 amide bonds. The van der Waals surface area contributed by atoms with Crippen molar-refractivity contribution in [2.24, 2.45) is 46.3 Å². The largest absolute Gasteiger partial charge is 0.103 e. The van der Waals surface area contributed by atoms with Gasteiger partial charge in [0.15, 0.2) is 0 Å². The van der Waals surface area contributed by atoms with Gasteiger partial charge in [-0.25, -0.2) is 0 Å². The van der Waals surface area contributed by atoms with Crippen LogP contribution in [0, 0.1) is 58.2 Å². The third-order valence-corrected chi connectivity index (χ3v) is 8.86. The fraction of sp³-hybridized carbons (Fsp3) is 0.909. The van der Waals surface area contributed by atoms with Gasteiger partial charge in [-0.2, -0.15) is 0 Å². The van der Waals surface area contributed by atoms with E-state index in [0.29, 0.717) is 10.8 Å². The van der Waals surface area contributed by atoms with Gasteiger partial charge in [0.2, 0.25) is 0 Å². The fourth-order valence-electron chi connectivity index (χ4n) is 6.82. The summed E-state index contributed by atoms with van der Waals surface area (Å²) in [7, 11) is 0. The van der Waals surface area contributed by atoms with E-state index in [4.69, 9.17) is 0 Å². The highest BCUT2D eigenvalue weighted by Crippen LogP contribution is 2.62. The molecule has 0 spiro atoms. The zero-order chi connectivity index (χ0) is 15.5. The minimum absolute atomic E-state index is 0.624. The van der Waals surface area contributed by atoms with E-state index in [1.165, 1.54) is 51.4 Å². The molecule has 0 aliphatic heterocycles. The summed E-state index contributed by atoms with van der Waals surface area (Å²) in [5.74, 6) is 13.0. The minimum atomic E-state index is 0.624. The van der Waals surface area contributed by atoms with E-state index in [2.05, 4.69) is 39.5 Å². The van der Waals surface area contributed by atoms with Crippen molar-refractivity contribution in [1.29, 1.82) is 0 Å². The van der Waals surface area contributed by atoms with Crippen molar-refractivity contribution >= 4 is 0 Å². The highest BCUT2D eigenvalue weighted by Gasteiger charge is 2.54. The number of hydrogen-bond acceptors (Lipinski definition) is 0. The van der Waals surface area contributed by atoms with Crippen molar-refractivity contribution in [3.05, 3.63) is 0 Å². The van der Waals surface area contributed by atoms with E-state index in [1.54, 1.807) is 0 Å². The molecular weight excluding hydrogens is 264 g/mol. The summed E-state index contributed by atoms with van der Waals surface area (Å²) in [4.78, 5) is 0. The molecule has 6 aliphatic rings. The molecule has 6 fully saturated rings. The second kappa shape index (κ2) is 5.03. The SMILES string of the molecule is CC1(C)C2CCC(CC#CCC3CCC4CC3C4(C)C)C1C2. The second-order valence-electron chi connectivity index (χ2n) is 10.2. The van der Waals surface area contributed by atoms with Gasteiger partial charge in [-0.3, -0.25) is 0 Å². The molecule has 122 valence electrons. The summed E-state index contributed by atoms with van der Waals surface area (Å²) in [6.07, 6.45) is 11.2. The molecule has 0 radical (unpaired) electrons. The normalized spacial score (nSPS) is 46.7. The first kappa shape index (κ1) is 15.1. The first-order valence-electron chi connectivity index (χ1n) is 9.86. The molecule has 22 heavy (non-hydrogen) atoms. The van der Waals surface area contributed by atoms with E-state index >= 15 is 0 Å². The van der Waals surface area contributed by atoms with Crippen molar-refractivity contribution in [2.75, 3.05) is 0 Å². The number of hydrogen-bond donors (Lipinski definition) is 0. The highest BCUT2D eigenvalue weighted by atomic mass is 14.6. The molecule has 0 N–H and O–H groups in total. The molecule has 6 rings (SSSR count). The van der Waals surface area contributed by atoms with Crippen LogP contribution in [0.2, 0.25) is 0 Å². The molecule has 0 aromatic rings. The zero-order valence-electron chi connectivity index (χ0n) is 15.1. The van der Waals surface area contributed by atoms with Crippen LogP contribution < -0.4 is 0 Å². The Balaban J connectivity index is 1.30. The Labute approximate surface area is 137 Å². The van der Waals surface area contributed by atoms with Crippen LogP contribution in [0.15, 0.2) is 0 Å². The molecule has 6 atom stereocenters. The molecule has 0 aromatic heterocycles. The van der Waals surface area contributed by atoms with Crippen LogP contribution in [-0.2, 0) is 0 Å². The van der Waals surface area contributed by atoms with Gasteiger partial charge < -0.3 is 0 Å². The van der Waals surface area contributed by atoms with Gasteiger partial charge in [0.25, 0.3) is 0 Å². The molecule has 0 saturated heterocycles. The van der Waals surface area contributed by atoms with Crippen molar-refractivity contribution in [3.63, 3.8) is 0 Å². The average molecular weight is 299 g/mol. The average Bonchev–Trinajstić information content (AvgIpc) is 2.51. The van der Waals surface area contributed by atoms with Crippen molar-refractivity contribution in [3.8, 4) is 11.8 Å². The Morgan fingerprint density at radius 1 is 0.682 bits per heavy atom. The van der Waals surface area contributed by atoms with Gasteiger partial charge in [-0.1, -0.05) is 27.7 Å². The van der Waals surface area contributed by atoms with E-state index < -0.39 is 0 Å². The summed E-state index contributed by atoms with van der Waals surface area (Å²) in [5, 5.41) is 0. The predicted molar refractivity (Wildman–Crippen MR) is 93.2 cm³/mol. The molecule has 0 heterocycles. The summed E-state index contributed by atoms with van der Waals surface area (Å²) < 4.78 is 0. The molecular formula is C22H34. The van der Waals surface area contributed by atoms with E-state index in [0.717, 1.165) is 35.5 Å². The molecule has 6 saturated carbocycles. The van der Waals surface area contributed by atoms with Crippen LogP contribution in [0.4, 0.5) is 0 Å². The smallest absolute Gasteiger partial charge is 0.0120 e. The van der Waals surface area contributed by atoms with E-state index in [9.17, 15) is 0 Å². The quantitative estimate of drug-likeness (QED) is 0.555. The van der Waals surface area contributed by atoms with Gasteiger partial charge in [0.05, 0.1) is 0 Å². The van der Waals surface area contributed by atoms with Gasteiger partial charge in [-0.15, -0.1) is 11.8 Å². The van der Waals surface area contributed by atoms with E-state index in [-0.39, 0.29) is 0 Å². The lowest BCUT2D eigenvalue weighted by atomic mass is 9.45. The maximum absolute atomic E-state index is 3.61.